The molecule has 0 bridgehead atoms. The molecule has 0 aliphatic heterocycles. The molecule has 0 saturated heterocycles. The van der Waals surface area contributed by atoms with Gasteiger partial charge >= 0.3 is 0 Å². The highest BCUT2D eigenvalue weighted by Crippen LogP contribution is 2.05. The van der Waals surface area contributed by atoms with E-state index in [2.05, 4.69) is 15.4 Å². The minimum atomic E-state index is -3.43. The molecule has 86 valence electrons. The molecule has 16 heavy (non-hydrogen) atoms. The van der Waals surface area contributed by atoms with Crippen LogP contribution in [0.1, 0.15) is 0 Å². The summed E-state index contributed by atoms with van der Waals surface area (Å²) in [6.45, 7) is 0.232. The van der Waals surface area contributed by atoms with Crippen LogP contribution in [0.25, 0.3) is 5.65 Å². The Kier molecular flexibility index (Phi) is 2.75. The van der Waals surface area contributed by atoms with Gasteiger partial charge in [-0.3, -0.25) is 0 Å². The Bertz CT molecular complexity index is 591. The third kappa shape index (κ3) is 2.67. The molecular formula is C8H11N5O2S. The van der Waals surface area contributed by atoms with Crippen molar-refractivity contribution in [3.8, 4) is 0 Å². The molecule has 0 aliphatic rings. The molecule has 0 atom stereocenters. The predicted molar refractivity (Wildman–Crippen MR) is 59.5 cm³/mol. The van der Waals surface area contributed by atoms with E-state index in [-0.39, 0.29) is 12.3 Å². The van der Waals surface area contributed by atoms with Crippen LogP contribution in [0.15, 0.2) is 24.5 Å². The van der Waals surface area contributed by atoms with E-state index >= 15 is 0 Å². The van der Waals surface area contributed by atoms with Gasteiger partial charge in [-0.25, -0.2) is 23.1 Å². The summed E-state index contributed by atoms with van der Waals surface area (Å²) < 4.78 is 23.0. The maximum atomic E-state index is 10.7. The van der Waals surface area contributed by atoms with Crippen LogP contribution in [0.4, 0.5) is 5.82 Å². The number of anilines is 1. The predicted octanol–water partition coefficient (Wildman–Crippen LogP) is -0.570. The average Bonchev–Trinajstić information content (AvgIpc) is 2.62. The first-order chi connectivity index (χ1) is 7.54. The maximum absolute atomic E-state index is 10.7. The SMILES string of the molecule is NS(=O)(=O)CCNc1ccn2nccc2n1. The first kappa shape index (κ1) is 10.8. The van der Waals surface area contributed by atoms with E-state index in [9.17, 15) is 8.42 Å². The third-order valence-corrected chi connectivity index (χ3v) is 2.72. The Morgan fingerprint density at radius 2 is 2.25 bits per heavy atom. The van der Waals surface area contributed by atoms with Gasteiger partial charge < -0.3 is 5.32 Å². The van der Waals surface area contributed by atoms with Crippen LogP contribution in [0, 0.1) is 0 Å². The first-order valence-corrected chi connectivity index (χ1v) is 6.31. The molecule has 8 heteroatoms. The number of hydrogen-bond acceptors (Lipinski definition) is 5. The summed E-state index contributed by atoms with van der Waals surface area (Å²) in [7, 11) is -3.43. The van der Waals surface area contributed by atoms with Crippen LogP contribution in [0.3, 0.4) is 0 Å². The molecular weight excluding hydrogens is 230 g/mol. The van der Waals surface area contributed by atoms with Gasteiger partial charge in [0.25, 0.3) is 0 Å². The van der Waals surface area contributed by atoms with Crippen molar-refractivity contribution >= 4 is 21.5 Å². The second kappa shape index (κ2) is 4.06. The Morgan fingerprint density at radius 1 is 1.44 bits per heavy atom. The van der Waals surface area contributed by atoms with Crippen LogP contribution >= 0.6 is 0 Å². The number of fused-ring (bicyclic) bond motifs is 1. The highest BCUT2D eigenvalue weighted by molar-refractivity contribution is 7.89. The zero-order valence-corrected chi connectivity index (χ0v) is 9.18. The Morgan fingerprint density at radius 3 is 3.00 bits per heavy atom. The van der Waals surface area contributed by atoms with Gasteiger partial charge in [0.15, 0.2) is 5.65 Å². The number of sulfonamides is 1. The van der Waals surface area contributed by atoms with Crippen molar-refractivity contribution in [3.05, 3.63) is 24.5 Å². The van der Waals surface area contributed by atoms with Crippen molar-refractivity contribution in [2.24, 2.45) is 5.14 Å². The van der Waals surface area contributed by atoms with Crippen molar-refractivity contribution in [3.63, 3.8) is 0 Å². The Labute approximate surface area is 92.3 Å². The van der Waals surface area contributed by atoms with E-state index < -0.39 is 10.0 Å². The maximum Gasteiger partial charge on any atom is 0.210 e. The minimum absolute atomic E-state index is 0.126. The normalized spacial score (nSPS) is 11.8. The molecule has 0 aromatic carbocycles. The fourth-order valence-corrected chi connectivity index (χ4v) is 1.62. The molecule has 2 aromatic rings. The molecule has 2 aromatic heterocycles. The van der Waals surface area contributed by atoms with Gasteiger partial charge in [0.1, 0.15) is 5.82 Å². The highest BCUT2D eigenvalue weighted by Gasteiger charge is 2.02. The molecule has 0 aliphatic carbocycles. The molecule has 2 heterocycles. The Balaban J connectivity index is 2.04. The number of nitrogens with one attached hydrogen (secondary N) is 1. The number of hydrogen-bond donors (Lipinski definition) is 2. The lowest BCUT2D eigenvalue weighted by Crippen LogP contribution is -2.22. The van der Waals surface area contributed by atoms with Gasteiger partial charge in [-0.2, -0.15) is 5.10 Å². The fraction of sp³-hybridized carbons (Fsp3) is 0.250. The van der Waals surface area contributed by atoms with Crippen LogP contribution < -0.4 is 10.5 Å². The van der Waals surface area contributed by atoms with E-state index in [1.54, 1.807) is 29.0 Å². The third-order valence-electron chi connectivity index (χ3n) is 1.95. The summed E-state index contributed by atoms with van der Waals surface area (Å²) in [6.07, 6.45) is 3.37. The lowest BCUT2D eigenvalue weighted by molar-refractivity contribution is 0.598. The van der Waals surface area contributed by atoms with Gasteiger partial charge in [0.05, 0.1) is 11.9 Å². The summed E-state index contributed by atoms with van der Waals surface area (Å²) >= 11 is 0. The first-order valence-electron chi connectivity index (χ1n) is 4.59. The average molecular weight is 241 g/mol. The molecule has 7 nitrogen and oxygen atoms in total. The van der Waals surface area contributed by atoms with Gasteiger partial charge in [-0.1, -0.05) is 0 Å². The molecule has 2 rings (SSSR count). The molecule has 0 amide bonds. The van der Waals surface area contributed by atoms with E-state index in [0.29, 0.717) is 11.5 Å². The lowest BCUT2D eigenvalue weighted by atomic mass is 10.5. The van der Waals surface area contributed by atoms with Crippen molar-refractivity contribution in [2.75, 3.05) is 17.6 Å². The van der Waals surface area contributed by atoms with Crippen LogP contribution in [0.2, 0.25) is 0 Å². The summed E-state index contributed by atoms with van der Waals surface area (Å²) in [5.41, 5.74) is 0.695. The Hall–Kier alpha value is -1.67. The van der Waals surface area contributed by atoms with Crippen LogP contribution in [-0.2, 0) is 10.0 Å². The molecule has 0 radical (unpaired) electrons. The largest absolute Gasteiger partial charge is 0.369 e. The van der Waals surface area contributed by atoms with E-state index in [1.165, 1.54) is 0 Å². The summed E-state index contributed by atoms with van der Waals surface area (Å²) in [6, 6.07) is 3.47. The lowest BCUT2D eigenvalue weighted by Gasteiger charge is -2.04. The number of aromatic nitrogens is 3. The molecule has 0 saturated carbocycles. The van der Waals surface area contributed by atoms with Crippen molar-refractivity contribution in [2.45, 2.75) is 0 Å². The van der Waals surface area contributed by atoms with Crippen LogP contribution in [0.5, 0.6) is 0 Å². The number of nitrogens with zero attached hydrogens (tertiary/aromatic N) is 3. The molecule has 0 fully saturated rings. The van der Waals surface area contributed by atoms with E-state index in [0.717, 1.165) is 0 Å². The summed E-state index contributed by atoms with van der Waals surface area (Å²) in [5, 5.41) is 11.7. The monoisotopic (exact) mass is 241 g/mol. The summed E-state index contributed by atoms with van der Waals surface area (Å²) in [5.74, 6) is 0.468. The van der Waals surface area contributed by atoms with Crippen LogP contribution in [-0.4, -0.2) is 35.3 Å². The number of primary sulfonamides is 1. The van der Waals surface area contributed by atoms with Crippen molar-refractivity contribution < 1.29 is 8.42 Å². The smallest absolute Gasteiger partial charge is 0.210 e. The number of rotatable bonds is 4. The van der Waals surface area contributed by atoms with Gasteiger partial charge in [0.2, 0.25) is 10.0 Å². The second-order valence-corrected chi connectivity index (χ2v) is 4.97. The number of nitrogens with two attached hydrogens (primary N) is 1. The summed E-state index contributed by atoms with van der Waals surface area (Å²) in [4.78, 5) is 4.21. The van der Waals surface area contributed by atoms with E-state index in [1.807, 2.05) is 0 Å². The highest BCUT2D eigenvalue weighted by atomic mass is 32.2. The quantitative estimate of drug-likeness (QED) is 0.746. The molecule has 0 unspecified atom stereocenters. The molecule has 3 N–H and O–H groups in total. The topological polar surface area (TPSA) is 102 Å². The molecule has 0 spiro atoms. The van der Waals surface area contributed by atoms with Gasteiger partial charge in [0, 0.05) is 18.8 Å². The van der Waals surface area contributed by atoms with Gasteiger partial charge in [-0.05, 0) is 6.07 Å². The minimum Gasteiger partial charge on any atom is -0.369 e. The van der Waals surface area contributed by atoms with Crippen molar-refractivity contribution in [1.29, 1.82) is 0 Å². The zero-order chi connectivity index (χ0) is 11.6. The zero-order valence-electron chi connectivity index (χ0n) is 8.37. The van der Waals surface area contributed by atoms with E-state index in [4.69, 9.17) is 5.14 Å². The standard InChI is InChI=1S/C8H11N5O2S/c9-16(14,15)6-4-10-7-2-5-13-8(12-7)1-3-11-13/h1-3,5H,4,6H2,(H,10,12)(H2,9,14,15). The fourth-order valence-electron chi connectivity index (χ4n) is 1.23. The second-order valence-electron chi connectivity index (χ2n) is 3.24. The van der Waals surface area contributed by atoms with Gasteiger partial charge in [-0.15, -0.1) is 0 Å². The van der Waals surface area contributed by atoms with Crippen molar-refractivity contribution in [1.82, 2.24) is 14.6 Å².